The lowest BCUT2D eigenvalue weighted by Crippen LogP contribution is -2.21. The van der Waals surface area contributed by atoms with Crippen LogP contribution >= 0.6 is 11.6 Å². The number of carbonyl (C=O) groups excluding carboxylic acids is 2. The maximum Gasteiger partial charge on any atom is 0.343 e. The number of aryl methyl sites for hydroxylation is 2. The van der Waals surface area contributed by atoms with Crippen LogP contribution in [0.1, 0.15) is 35.5 Å². The second kappa shape index (κ2) is 8.16. The molecule has 0 bridgehead atoms. The second-order valence-corrected chi connectivity index (χ2v) is 6.62. The molecular formula is C18H22ClN3O3. The van der Waals surface area contributed by atoms with Gasteiger partial charge in [0.25, 0.3) is 5.91 Å². The quantitative estimate of drug-likeness (QED) is 0.796. The highest BCUT2D eigenvalue weighted by Crippen LogP contribution is 2.22. The van der Waals surface area contributed by atoms with E-state index in [0.29, 0.717) is 23.8 Å². The Balaban J connectivity index is 1.99. The van der Waals surface area contributed by atoms with Crippen LogP contribution < -0.4 is 5.32 Å². The molecule has 0 aliphatic carbocycles. The average molecular weight is 364 g/mol. The van der Waals surface area contributed by atoms with Crippen LogP contribution in [0.15, 0.2) is 24.3 Å². The van der Waals surface area contributed by atoms with Gasteiger partial charge in [-0.05, 0) is 31.4 Å². The number of para-hydroxylation sites is 1. The number of hydrogen-bond acceptors (Lipinski definition) is 4. The Bertz CT molecular complexity index is 784. The van der Waals surface area contributed by atoms with E-state index in [1.807, 2.05) is 39.0 Å². The standard InChI is InChI=1S/C18H22ClN3O3/c1-11(2)9-22-17(19)16(13(4)21-22)18(24)25-10-15(23)20-14-8-6-5-7-12(14)3/h5-8,11H,9-10H2,1-4H3,(H,20,23). The van der Waals surface area contributed by atoms with Crippen molar-refractivity contribution in [3.8, 4) is 0 Å². The van der Waals surface area contributed by atoms with Crippen LogP contribution in [0, 0.1) is 19.8 Å². The molecule has 7 heteroatoms. The van der Waals surface area contributed by atoms with Gasteiger partial charge >= 0.3 is 5.97 Å². The molecule has 0 saturated heterocycles. The number of nitrogens with zero attached hydrogens (tertiary/aromatic N) is 2. The van der Waals surface area contributed by atoms with Gasteiger partial charge in [0.05, 0.1) is 5.69 Å². The highest BCUT2D eigenvalue weighted by molar-refractivity contribution is 6.32. The van der Waals surface area contributed by atoms with E-state index < -0.39 is 18.5 Å². The number of amides is 1. The van der Waals surface area contributed by atoms with Gasteiger partial charge in [0, 0.05) is 12.2 Å². The smallest absolute Gasteiger partial charge is 0.343 e. The molecule has 2 aromatic rings. The number of ether oxygens (including phenoxy) is 1. The van der Waals surface area contributed by atoms with Crippen molar-refractivity contribution in [2.45, 2.75) is 34.2 Å². The molecule has 1 aromatic carbocycles. The van der Waals surface area contributed by atoms with Crippen molar-refractivity contribution < 1.29 is 14.3 Å². The van der Waals surface area contributed by atoms with E-state index in [0.717, 1.165) is 5.56 Å². The van der Waals surface area contributed by atoms with Crippen molar-refractivity contribution in [3.63, 3.8) is 0 Å². The minimum atomic E-state index is -0.655. The monoisotopic (exact) mass is 363 g/mol. The molecule has 1 aromatic heterocycles. The van der Waals surface area contributed by atoms with Crippen LogP contribution in [-0.4, -0.2) is 28.3 Å². The number of nitrogens with one attached hydrogen (secondary N) is 1. The molecule has 0 radical (unpaired) electrons. The summed E-state index contributed by atoms with van der Waals surface area (Å²) in [5, 5.41) is 7.20. The molecule has 0 atom stereocenters. The van der Waals surface area contributed by atoms with Crippen molar-refractivity contribution in [2.24, 2.45) is 5.92 Å². The van der Waals surface area contributed by atoms with E-state index in [-0.39, 0.29) is 10.7 Å². The predicted octanol–water partition coefficient (Wildman–Crippen LogP) is 3.60. The van der Waals surface area contributed by atoms with Crippen LogP contribution in [0.4, 0.5) is 5.69 Å². The minimum Gasteiger partial charge on any atom is -0.452 e. The van der Waals surface area contributed by atoms with Crippen molar-refractivity contribution in [1.29, 1.82) is 0 Å². The number of esters is 1. The summed E-state index contributed by atoms with van der Waals surface area (Å²) in [7, 11) is 0. The van der Waals surface area contributed by atoms with Crippen LogP contribution in [0.5, 0.6) is 0 Å². The van der Waals surface area contributed by atoms with Crippen molar-refractivity contribution in [2.75, 3.05) is 11.9 Å². The third-order valence-corrected chi connectivity index (χ3v) is 3.95. The summed E-state index contributed by atoms with van der Waals surface area (Å²) in [6.45, 7) is 7.84. The minimum absolute atomic E-state index is 0.200. The largest absolute Gasteiger partial charge is 0.452 e. The van der Waals surface area contributed by atoms with E-state index in [2.05, 4.69) is 10.4 Å². The number of halogens is 1. The first-order valence-corrected chi connectivity index (χ1v) is 8.43. The lowest BCUT2D eigenvalue weighted by atomic mass is 10.2. The zero-order valence-electron chi connectivity index (χ0n) is 14.8. The Kier molecular flexibility index (Phi) is 6.20. The maximum atomic E-state index is 12.3. The highest BCUT2D eigenvalue weighted by Gasteiger charge is 2.22. The Morgan fingerprint density at radius 3 is 2.60 bits per heavy atom. The molecule has 0 spiro atoms. The van der Waals surface area contributed by atoms with E-state index in [4.69, 9.17) is 16.3 Å². The van der Waals surface area contributed by atoms with E-state index in [9.17, 15) is 9.59 Å². The average Bonchev–Trinajstić information content (AvgIpc) is 2.81. The van der Waals surface area contributed by atoms with Crippen molar-refractivity contribution in [1.82, 2.24) is 9.78 Å². The van der Waals surface area contributed by atoms with Gasteiger partial charge in [-0.25, -0.2) is 4.79 Å². The highest BCUT2D eigenvalue weighted by atomic mass is 35.5. The molecule has 2 rings (SSSR count). The first-order chi connectivity index (χ1) is 11.8. The van der Waals surface area contributed by atoms with Crippen LogP contribution in [0.3, 0.4) is 0 Å². The normalized spacial score (nSPS) is 10.8. The molecule has 1 amide bonds. The van der Waals surface area contributed by atoms with E-state index in [1.54, 1.807) is 17.7 Å². The van der Waals surface area contributed by atoms with Crippen LogP contribution in [0.2, 0.25) is 5.15 Å². The Morgan fingerprint density at radius 2 is 1.96 bits per heavy atom. The van der Waals surface area contributed by atoms with Gasteiger partial charge < -0.3 is 10.1 Å². The molecule has 25 heavy (non-hydrogen) atoms. The Hall–Kier alpha value is -2.34. The molecule has 0 unspecified atom stereocenters. The molecular weight excluding hydrogens is 342 g/mol. The maximum absolute atomic E-state index is 12.3. The van der Waals surface area contributed by atoms with Gasteiger partial charge in [-0.3, -0.25) is 9.48 Å². The van der Waals surface area contributed by atoms with Crippen LogP contribution in [-0.2, 0) is 16.1 Å². The fourth-order valence-corrected chi connectivity index (χ4v) is 2.68. The molecule has 0 aliphatic rings. The number of aromatic nitrogens is 2. The summed E-state index contributed by atoms with van der Waals surface area (Å²) in [5.74, 6) is -0.732. The summed E-state index contributed by atoms with van der Waals surface area (Å²) in [6.07, 6.45) is 0. The number of anilines is 1. The molecule has 0 saturated carbocycles. The summed E-state index contributed by atoms with van der Waals surface area (Å²) in [5.41, 5.74) is 2.29. The summed E-state index contributed by atoms with van der Waals surface area (Å²) >= 11 is 6.23. The molecule has 0 fully saturated rings. The fourth-order valence-electron chi connectivity index (χ4n) is 2.35. The van der Waals surface area contributed by atoms with Gasteiger partial charge in [0.1, 0.15) is 10.7 Å². The molecule has 6 nitrogen and oxygen atoms in total. The first-order valence-electron chi connectivity index (χ1n) is 8.05. The van der Waals surface area contributed by atoms with Crippen molar-refractivity contribution in [3.05, 3.63) is 46.2 Å². The summed E-state index contributed by atoms with van der Waals surface area (Å²) < 4.78 is 6.67. The van der Waals surface area contributed by atoms with Gasteiger partial charge in [-0.1, -0.05) is 43.6 Å². The fraction of sp³-hybridized carbons (Fsp3) is 0.389. The SMILES string of the molecule is Cc1ccccc1NC(=O)COC(=O)c1c(C)nn(CC(C)C)c1Cl. The number of hydrogen-bond donors (Lipinski definition) is 1. The van der Waals surface area contributed by atoms with Crippen molar-refractivity contribution >= 4 is 29.2 Å². The third kappa shape index (κ3) is 4.82. The predicted molar refractivity (Wildman–Crippen MR) is 96.9 cm³/mol. The Labute approximate surface area is 152 Å². The Morgan fingerprint density at radius 1 is 1.28 bits per heavy atom. The van der Waals surface area contributed by atoms with E-state index >= 15 is 0 Å². The van der Waals surface area contributed by atoms with Gasteiger partial charge in [-0.2, -0.15) is 5.10 Å². The summed E-state index contributed by atoms with van der Waals surface area (Å²) in [4.78, 5) is 24.2. The van der Waals surface area contributed by atoms with Gasteiger partial charge in [-0.15, -0.1) is 0 Å². The topological polar surface area (TPSA) is 73.2 Å². The van der Waals surface area contributed by atoms with Gasteiger partial charge in [0.15, 0.2) is 6.61 Å². The molecule has 1 N–H and O–H groups in total. The lowest BCUT2D eigenvalue weighted by molar-refractivity contribution is -0.119. The third-order valence-electron chi connectivity index (χ3n) is 3.56. The van der Waals surface area contributed by atoms with Crippen LogP contribution in [0.25, 0.3) is 0 Å². The zero-order chi connectivity index (χ0) is 18.6. The molecule has 1 heterocycles. The first kappa shape index (κ1) is 19.0. The summed E-state index contributed by atoms with van der Waals surface area (Å²) in [6, 6.07) is 7.37. The van der Waals surface area contributed by atoms with Gasteiger partial charge in [0.2, 0.25) is 0 Å². The molecule has 134 valence electrons. The number of carbonyl (C=O) groups is 2. The number of rotatable bonds is 6. The lowest BCUT2D eigenvalue weighted by Gasteiger charge is -2.09. The molecule has 0 aliphatic heterocycles. The second-order valence-electron chi connectivity index (χ2n) is 6.27. The zero-order valence-corrected chi connectivity index (χ0v) is 15.6. The number of benzene rings is 1. The van der Waals surface area contributed by atoms with E-state index in [1.165, 1.54) is 0 Å².